The summed E-state index contributed by atoms with van der Waals surface area (Å²) in [6.45, 7) is 1.69. The van der Waals surface area contributed by atoms with Crippen molar-refractivity contribution >= 4 is 17.7 Å². The molecule has 0 aliphatic rings. The van der Waals surface area contributed by atoms with E-state index in [9.17, 15) is 14.0 Å². The van der Waals surface area contributed by atoms with Crippen molar-refractivity contribution in [3.05, 3.63) is 83.7 Å². The van der Waals surface area contributed by atoms with Crippen LogP contribution < -0.4 is 5.32 Å². The molecule has 2 heterocycles. The lowest BCUT2D eigenvalue weighted by Gasteiger charge is -2.17. The summed E-state index contributed by atoms with van der Waals surface area (Å²) in [6, 6.07) is 15.8. The summed E-state index contributed by atoms with van der Waals surface area (Å²) in [5.41, 5.74) is 1.08. The van der Waals surface area contributed by atoms with Crippen LogP contribution in [0.3, 0.4) is 0 Å². The number of benzene rings is 2. The van der Waals surface area contributed by atoms with E-state index in [2.05, 4.69) is 20.6 Å². The molecule has 0 radical (unpaired) electrons. The number of aromatic nitrogens is 3. The molecule has 1 N–H and O–H groups in total. The Morgan fingerprint density at radius 1 is 1.06 bits per heavy atom. The predicted molar refractivity (Wildman–Crippen MR) is 113 cm³/mol. The molecule has 1 atom stereocenters. The molecule has 0 spiro atoms. The van der Waals surface area contributed by atoms with Crippen LogP contribution >= 0.6 is 0 Å². The van der Waals surface area contributed by atoms with Crippen molar-refractivity contribution in [2.45, 2.75) is 25.9 Å². The second kappa shape index (κ2) is 9.86. The molecular formula is C23H19FN4O5. The maximum Gasteiger partial charge on any atom is 0.307 e. The highest BCUT2D eigenvalue weighted by atomic mass is 19.1. The third-order valence-corrected chi connectivity index (χ3v) is 4.58. The van der Waals surface area contributed by atoms with Crippen LogP contribution in [0.5, 0.6) is 0 Å². The molecule has 168 valence electrons. The van der Waals surface area contributed by atoms with Gasteiger partial charge in [-0.05, 0) is 31.2 Å². The fourth-order valence-electron chi connectivity index (χ4n) is 2.99. The Labute approximate surface area is 187 Å². The Morgan fingerprint density at radius 3 is 2.52 bits per heavy atom. The van der Waals surface area contributed by atoms with Gasteiger partial charge in [0.1, 0.15) is 11.6 Å². The molecule has 4 rings (SSSR count). The number of nitrogens with one attached hydrogen (secondary N) is 1. The van der Waals surface area contributed by atoms with Crippen molar-refractivity contribution in [3.63, 3.8) is 0 Å². The number of esters is 1. The Bertz CT molecular complexity index is 1240. The molecule has 9 nitrogen and oxygen atoms in total. The minimum atomic E-state index is -1.19. The maximum absolute atomic E-state index is 13.1. The summed E-state index contributed by atoms with van der Waals surface area (Å²) in [6.07, 6.45) is -1.17. The number of hydrogen-bond donors (Lipinski definition) is 1. The fraction of sp³-hybridized carbons (Fsp3) is 0.174. The summed E-state index contributed by atoms with van der Waals surface area (Å²) in [4.78, 5) is 29.5. The van der Waals surface area contributed by atoms with E-state index in [0.717, 1.165) is 0 Å². The number of carbonyl (C=O) groups excluding carboxylic acids is 2. The van der Waals surface area contributed by atoms with Gasteiger partial charge >= 0.3 is 5.97 Å². The third-order valence-electron chi connectivity index (χ3n) is 4.58. The van der Waals surface area contributed by atoms with E-state index in [4.69, 9.17) is 13.8 Å². The largest absolute Gasteiger partial charge is 0.447 e. The van der Waals surface area contributed by atoms with Crippen LogP contribution in [-0.4, -0.2) is 27.2 Å². The van der Waals surface area contributed by atoms with Gasteiger partial charge in [-0.1, -0.05) is 40.6 Å². The van der Waals surface area contributed by atoms with E-state index in [0.29, 0.717) is 16.9 Å². The molecule has 1 unspecified atom stereocenters. The molecule has 0 fully saturated rings. The van der Waals surface area contributed by atoms with Crippen molar-refractivity contribution in [2.75, 3.05) is 5.32 Å². The number of hydrogen-bond acceptors (Lipinski definition) is 8. The number of amides is 1. The van der Waals surface area contributed by atoms with Gasteiger partial charge in [0, 0.05) is 23.6 Å². The van der Waals surface area contributed by atoms with Gasteiger partial charge in [-0.25, -0.2) is 4.39 Å². The molecule has 0 saturated carbocycles. The molecule has 0 aliphatic heterocycles. The number of aryl methyl sites for hydroxylation is 2. The van der Waals surface area contributed by atoms with E-state index in [1.54, 1.807) is 43.3 Å². The highest BCUT2D eigenvalue weighted by Crippen LogP contribution is 2.22. The van der Waals surface area contributed by atoms with Crippen LogP contribution in [0.4, 0.5) is 10.2 Å². The number of nitrogens with zero attached hydrogens (tertiary/aromatic N) is 3. The van der Waals surface area contributed by atoms with Gasteiger partial charge in [0.2, 0.25) is 17.8 Å². The van der Waals surface area contributed by atoms with E-state index in [1.165, 1.54) is 24.3 Å². The van der Waals surface area contributed by atoms with Crippen LogP contribution in [0, 0.1) is 12.7 Å². The first-order valence-corrected chi connectivity index (χ1v) is 10.0. The van der Waals surface area contributed by atoms with Gasteiger partial charge in [-0.3, -0.25) is 9.59 Å². The lowest BCUT2D eigenvalue weighted by Crippen LogP contribution is -2.26. The van der Waals surface area contributed by atoms with Crippen molar-refractivity contribution in [2.24, 2.45) is 0 Å². The average molecular weight is 450 g/mol. The van der Waals surface area contributed by atoms with Gasteiger partial charge in [-0.2, -0.15) is 4.98 Å². The van der Waals surface area contributed by atoms with Crippen LogP contribution in [0.2, 0.25) is 0 Å². The first-order valence-electron chi connectivity index (χ1n) is 10.0. The quantitative estimate of drug-likeness (QED) is 0.400. The smallest absolute Gasteiger partial charge is 0.307 e. The van der Waals surface area contributed by atoms with Crippen molar-refractivity contribution in [3.8, 4) is 11.4 Å². The summed E-state index contributed by atoms with van der Waals surface area (Å²) in [7, 11) is 0. The standard InChI is InChI=1S/C23H19FN4O5/c1-14-13-18(27-32-14)25-23(30)21(15-5-3-2-4-6-15)31-20(29)12-11-19-26-22(28-33-19)16-7-9-17(24)10-8-16/h2-10,13,21H,11-12H2,1H3,(H,25,27,30). The van der Waals surface area contributed by atoms with Gasteiger partial charge in [-0.15, -0.1) is 0 Å². The lowest BCUT2D eigenvalue weighted by molar-refractivity contribution is -0.154. The van der Waals surface area contributed by atoms with E-state index >= 15 is 0 Å². The molecule has 0 aliphatic carbocycles. The molecule has 0 saturated heterocycles. The maximum atomic E-state index is 13.1. The highest BCUT2D eigenvalue weighted by molar-refractivity contribution is 5.95. The molecule has 4 aromatic rings. The third kappa shape index (κ3) is 5.67. The van der Waals surface area contributed by atoms with E-state index in [-0.39, 0.29) is 36.2 Å². The minimum Gasteiger partial charge on any atom is -0.447 e. The zero-order valence-corrected chi connectivity index (χ0v) is 17.5. The summed E-state index contributed by atoms with van der Waals surface area (Å²) in [5.74, 6) is -0.336. The molecular weight excluding hydrogens is 431 g/mol. The van der Waals surface area contributed by atoms with Gasteiger partial charge < -0.3 is 19.1 Å². The number of ether oxygens (including phenoxy) is 1. The normalized spacial score (nSPS) is 11.7. The van der Waals surface area contributed by atoms with Gasteiger partial charge in [0.05, 0.1) is 6.42 Å². The molecule has 2 aromatic heterocycles. The van der Waals surface area contributed by atoms with Gasteiger partial charge in [0.15, 0.2) is 5.82 Å². The second-order valence-electron chi connectivity index (χ2n) is 7.11. The Kier molecular flexibility index (Phi) is 6.53. The van der Waals surface area contributed by atoms with Crippen molar-refractivity contribution < 1.29 is 27.8 Å². The number of rotatable bonds is 8. The first kappa shape index (κ1) is 21.9. The van der Waals surface area contributed by atoms with Gasteiger partial charge in [0.25, 0.3) is 5.91 Å². The summed E-state index contributed by atoms with van der Waals surface area (Å²) in [5, 5.41) is 10.1. The summed E-state index contributed by atoms with van der Waals surface area (Å²) >= 11 is 0. The SMILES string of the molecule is Cc1cc(NC(=O)C(OC(=O)CCc2nc(-c3ccc(F)cc3)no2)c2ccccc2)no1. The molecule has 1 amide bonds. The monoisotopic (exact) mass is 450 g/mol. The molecule has 0 bridgehead atoms. The minimum absolute atomic E-state index is 0.0925. The zero-order chi connectivity index (χ0) is 23.2. The summed E-state index contributed by atoms with van der Waals surface area (Å²) < 4.78 is 28.6. The van der Waals surface area contributed by atoms with Crippen LogP contribution in [0.1, 0.15) is 29.7 Å². The topological polar surface area (TPSA) is 120 Å². The van der Waals surface area contributed by atoms with Crippen LogP contribution in [0.15, 0.2) is 69.7 Å². The second-order valence-corrected chi connectivity index (χ2v) is 7.11. The molecule has 2 aromatic carbocycles. The number of carbonyl (C=O) groups is 2. The molecule has 33 heavy (non-hydrogen) atoms. The Hall–Kier alpha value is -4.34. The van der Waals surface area contributed by atoms with Crippen molar-refractivity contribution in [1.29, 1.82) is 0 Å². The Balaban J connectivity index is 1.39. The lowest BCUT2D eigenvalue weighted by atomic mass is 10.1. The number of anilines is 1. The zero-order valence-electron chi connectivity index (χ0n) is 17.5. The fourth-order valence-corrected chi connectivity index (χ4v) is 2.99. The van der Waals surface area contributed by atoms with Crippen LogP contribution in [0.25, 0.3) is 11.4 Å². The average Bonchev–Trinajstić information content (AvgIpc) is 3.46. The van der Waals surface area contributed by atoms with E-state index in [1.807, 2.05) is 0 Å². The Morgan fingerprint density at radius 2 is 1.82 bits per heavy atom. The highest BCUT2D eigenvalue weighted by Gasteiger charge is 2.26. The predicted octanol–water partition coefficient (Wildman–Crippen LogP) is 4.03. The van der Waals surface area contributed by atoms with E-state index < -0.39 is 18.0 Å². The molecule has 10 heteroatoms. The van der Waals surface area contributed by atoms with Crippen molar-refractivity contribution in [1.82, 2.24) is 15.3 Å². The first-order chi connectivity index (χ1) is 16.0. The number of halogens is 1. The van der Waals surface area contributed by atoms with Crippen LogP contribution in [-0.2, 0) is 20.7 Å².